The molecule has 1 N–H and O–H groups in total. The van der Waals surface area contributed by atoms with Crippen molar-refractivity contribution in [3.63, 3.8) is 0 Å². The Morgan fingerprint density at radius 1 is 1.20 bits per heavy atom. The molecule has 0 heterocycles. The van der Waals surface area contributed by atoms with Gasteiger partial charge in [-0.15, -0.1) is 0 Å². The quantitative estimate of drug-likeness (QED) is 0.872. The molecule has 0 bridgehead atoms. The van der Waals surface area contributed by atoms with E-state index in [0.29, 0.717) is 5.02 Å². The number of nitrogens with zero attached hydrogens (tertiary/aromatic N) is 2. The summed E-state index contributed by atoms with van der Waals surface area (Å²) in [6, 6.07) is 6.21. The third kappa shape index (κ3) is 4.11. The smallest absolute Gasteiger partial charge is 0.134 e. The average molecular weight is 297 g/mol. The Labute approximate surface area is 127 Å². The van der Waals surface area contributed by atoms with E-state index in [0.717, 1.165) is 31.2 Å². The first kappa shape index (κ1) is 15.6. The van der Waals surface area contributed by atoms with Crippen LogP contribution in [-0.2, 0) is 6.54 Å². The second-order valence-corrected chi connectivity index (χ2v) is 6.28. The minimum atomic E-state index is 0.167. The van der Waals surface area contributed by atoms with Gasteiger partial charge in [0.15, 0.2) is 0 Å². The largest absolute Gasteiger partial charge is 0.506 e. The zero-order valence-corrected chi connectivity index (χ0v) is 13.2. The Morgan fingerprint density at radius 3 is 2.60 bits per heavy atom. The summed E-state index contributed by atoms with van der Waals surface area (Å²) in [5, 5.41) is 10.1. The van der Waals surface area contributed by atoms with E-state index in [2.05, 4.69) is 23.9 Å². The van der Waals surface area contributed by atoms with Gasteiger partial charge in [-0.05, 0) is 38.6 Å². The van der Waals surface area contributed by atoms with Gasteiger partial charge in [0.2, 0.25) is 0 Å². The molecule has 0 amide bonds. The second-order valence-electron chi connectivity index (χ2n) is 5.91. The van der Waals surface area contributed by atoms with E-state index in [9.17, 15) is 5.11 Å². The molecule has 0 radical (unpaired) electrons. The number of phenolic OH excluding ortho intramolecular Hbond substituents is 1. The van der Waals surface area contributed by atoms with Gasteiger partial charge in [0.05, 0.1) is 5.02 Å². The van der Waals surface area contributed by atoms with Gasteiger partial charge in [0.1, 0.15) is 5.75 Å². The van der Waals surface area contributed by atoms with Crippen LogP contribution in [0.1, 0.15) is 31.2 Å². The summed E-state index contributed by atoms with van der Waals surface area (Å²) in [4.78, 5) is 4.74. The molecule has 0 aromatic heterocycles. The molecular formula is C16H25ClN2O. The van der Waals surface area contributed by atoms with Crippen molar-refractivity contribution in [2.24, 2.45) is 0 Å². The van der Waals surface area contributed by atoms with Crippen LogP contribution in [0.3, 0.4) is 0 Å². The summed E-state index contributed by atoms with van der Waals surface area (Å²) in [7, 11) is 4.33. The molecule has 0 aliphatic heterocycles. The zero-order valence-electron chi connectivity index (χ0n) is 12.5. The normalized spacial score (nSPS) is 16.4. The van der Waals surface area contributed by atoms with Crippen molar-refractivity contribution in [3.05, 3.63) is 28.8 Å². The van der Waals surface area contributed by atoms with Crippen LogP contribution >= 0.6 is 11.6 Å². The molecule has 112 valence electrons. The van der Waals surface area contributed by atoms with Gasteiger partial charge in [-0.1, -0.05) is 36.6 Å². The van der Waals surface area contributed by atoms with Crippen molar-refractivity contribution in [2.45, 2.75) is 38.3 Å². The van der Waals surface area contributed by atoms with Crippen LogP contribution in [-0.4, -0.2) is 48.1 Å². The Kier molecular flexibility index (Phi) is 5.70. The number of benzene rings is 1. The standard InChI is InChI=1S/C16H25ClN2O/c1-18(10-11-19(2)14-7-3-4-8-14)12-13-6-5-9-15(20)16(13)17/h5-6,9,14,20H,3-4,7-8,10-12H2,1-2H3. The van der Waals surface area contributed by atoms with E-state index in [1.54, 1.807) is 6.07 Å². The highest BCUT2D eigenvalue weighted by atomic mass is 35.5. The van der Waals surface area contributed by atoms with Crippen molar-refractivity contribution in [1.82, 2.24) is 9.80 Å². The van der Waals surface area contributed by atoms with Crippen molar-refractivity contribution in [2.75, 3.05) is 27.2 Å². The lowest BCUT2D eigenvalue weighted by Gasteiger charge is -2.27. The van der Waals surface area contributed by atoms with Crippen LogP contribution < -0.4 is 0 Å². The lowest BCUT2D eigenvalue weighted by atomic mass is 10.2. The topological polar surface area (TPSA) is 26.7 Å². The first-order chi connectivity index (χ1) is 9.58. The fraction of sp³-hybridized carbons (Fsp3) is 0.625. The third-order valence-electron chi connectivity index (χ3n) is 4.28. The fourth-order valence-electron chi connectivity index (χ4n) is 2.91. The number of hydrogen-bond acceptors (Lipinski definition) is 3. The van der Waals surface area contributed by atoms with E-state index < -0.39 is 0 Å². The minimum Gasteiger partial charge on any atom is -0.506 e. The van der Waals surface area contributed by atoms with Gasteiger partial charge in [-0.2, -0.15) is 0 Å². The van der Waals surface area contributed by atoms with E-state index >= 15 is 0 Å². The molecular weight excluding hydrogens is 272 g/mol. The molecule has 1 aliphatic carbocycles. The molecule has 4 heteroatoms. The second kappa shape index (κ2) is 7.30. The number of halogens is 1. The Balaban J connectivity index is 1.80. The molecule has 1 aromatic rings. The van der Waals surface area contributed by atoms with Gasteiger partial charge >= 0.3 is 0 Å². The SMILES string of the molecule is CN(CCN(C)C1CCCC1)Cc1cccc(O)c1Cl. The van der Waals surface area contributed by atoms with Gasteiger partial charge in [-0.3, -0.25) is 0 Å². The van der Waals surface area contributed by atoms with Crippen LogP contribution in [0.4, 0.5) is 0 Å². The molecule has 0 saturated heterocycles. The van der Waals surface area contributed by atoms with Crippen molar-refractivity contribution < 1.29 is 5.11 Å². The molecule has 0 atom stereocenters. The Bertz CT molecular complexity index is 432. The van der Waals surface area contributed by atoms with Crippen LogP contribution in [0.2, 0.25) is 5.02 Å². The molecule has 1 saturated carbocycles. The highest BCUT2D eigenvalue weighted by Crippen LogP contribution is 2.27. The van der Waals surface area contributed by atoms with Gasteiger partial charge < -0.3 is 14.9 Å². The first-order valence-corrected chi connectivity index (χ1v) is 7.81. The molecule has 0 spiro atoms. The van der Waals surface area contributed by atoms with E-state index in [4.69, 9.17) is 11.6 Å². The van der Waals surface area contributed by atoms with Crippen LogP contribution in [0, 0.1) is 0 Å². The van der Waals surface area contributed by atoms with Crippen LogP contribution in [0.25, 0.3) is 0 Å². The molecule has 20 heavy (non-hydrogen) atoms. The predicted molar refractivity (Wildman–Crippen MR) is 84.3 cm³/mol. The summed E-state index contributed by atoms with van der Waals surface area (Å²) in [6.07, 6.45) is 5.45. The summed E-state index contributed by atoms with van der Waals surface area (Å²) in [5.74, 6) is 0.167. The number of aromatic hydroxyl groups is 1. The van der Waals surface area contributed by atoms with E-state index in [-0.39, 0.29) is 5.75 Å². The maximum absolute atomic E-state index is 9.62. The van der Waals surface area contributed by atoms with Crippen molar-refractivity contribution in [3.8, 4) is 5.75 Å². The number of phenols is 1. The maximum Gasteiger partial charge on any atom is 0.134 e. The fourth-order valence-corrected chi connectivity index (χ4v) is 3.10. The van der Waals surface area contributed by atoms with E-state index in [1.807, 2.05) is 12.1 Å². The third-order valence-corrected chi connectivity index (χ3v) is 4.72. The number of hydrogen-bond donors (Lipinski definition) is 1. The van der Waals surface area contributed by atoms with E-state index in [1.165, 1.54) is 25.7 Å². The van der Waals surface area contributed by atoms with Crippen LogP contribution in [0.5, 0.6) is 5.75 Å². The summed E-state index contributed by atoms with van der Waals surface area (Å²) in [6.45, 7) is 2.86. The summed E-state index contributed by atoms with van der Waals surface area (Å²) in [5.41, 5.74) is 0.984. The molecule has 1 aliphatic rings. The average Bonchev–Trinajstić information content (AvgIpc) is 2.95. The molecule has 1 fully saturated rings. The predicted octanol–water partition coefficient (Wildman–Crippen LogP) is 3.35. The first-order valence-electron chi connectivity index (χ1n) is 7.43. The van der Waals surface area contributed by atoms with Crippen molar-refractivity contribution >= 4 is 11.6 Å². The van der Waals surface area contributed by atoms with Gasteiger partial charge in [0.25, 0.3) is 0 Å². The monoisotopic (exact) mass is 296 g/mol. The summed E-state index contributed by atoms with van der Waals surface area (Å²) < 4.78 is 0. The lowest BCUT2D eigenvalue weighted by Crippen LogP contribution is -2.36. The van der Waals surface area contributed by atoms with Gasteiger partial charge in [0, 0.05) is 25.7 Å². The Morgan fingerprint density at radius 2 is 1.90 bits per heavy atom. The molecule has 0 unspecified atom stereocenters. The lowest BCUT2D eigenvalue weighted by molar-refractivity contribution is 0.204. The summed E-state index contributed by atoms with van der Waals surface area (Å²) >= 11 is 6.12. The molecule has 3 nitrogen and oxygen atoms in total. The maximum atomic E-state index is 9.62. The zero-order chi connectivity index (χ0) is 14.5. The highest BCUT2D eigenvalue weighted by molar-refractivity contribution is 6.32. The van der Waals surface area contributed by atoms with Crippen molar-refractivity contribution in [1.29, 1.82) is 0 Å². The molecule has 1 aromatic carbocycles. The van der Waals surface area contributed by atoms with Crippen LogP contribution in [0.15, 0.2) is 18.2 Å². The number of likely N-dealkylation sites (N-methyl/N-ethyl adjacent to an activating group) is 2. The Hall–Kier alpha value is -0.770. The number of rotatable bonds is 6. The highest BCUT2D eigenvalue weighted by Gasteiger charge is 2.19. The molecule has 2 rings (SSSR count). The minimum absolute atomic E-state index is 0.167. The van der Waals surface area contributed by atoms with Gasteiger partial charge in [-0.25, -0.2) is 0 Å².